The van der Waals surface area contributed by atoms with Crippen LogP contribution in [-0.2, 0) is 11.4 Å². The lowest BCUT2D eigenvalue weighted by Crippen LogP contribution is -2.22. The van der Waals surface area contributed by atoms with E-state index in [0.29, 0.717) is 28.7 Å². The number of nitrogens with one attached hydrogen (secondary N) is 2. The zero-order valence-corrected chi connectivity index (χ0v) is 15.0. The molecule has 0 bridgehead atoms. The highest BCUT2D eigenvalue weighted by atomic mass is 35.5. The molecule has 0 radical (unpaired) electrons. The van der Waals surface area contributed by atoms with E-state index in [1.54, 1.807) is 12.1 Å². The summed E-state index contributed by atoms with van der Waals surface area (Å²) in [7, 11) is 1.51. The Morgan fingerprint density at radius 1 is 1.15 bits per heavy atom. The van der Waals surface area contributed by atoms with Crippen LogP contribution in [-0.4, -0.2) is 19.0 Å². The van der Waals surface area contributed by atoms with Crippen LogP contribution in [0.5, 0.6) is 11.5 Å². The van der Waals surface area contributed by atoms with Gasteiger partial charge in [0.15, 0.2) is 11.5 Å². The summed E-state index contributed by atoms with van der Waals surface area (Å²) in [6, 6.07) is 10.7. The van der Waals surface area contributed by atoms with E-state index in [0.717, 1.165) is 11.1 Å². The Morgan fingerprint density at radius 2 is 1.96 bits per heavy atom. The Morgan fingerprint density at radius 3 is 2.62 bits per heavy atom. The van der Waals surface area contributed by atoms with Crippen LogP contribution < -0.4 is 20.1 Å². The number of ether oxygens (including phenoxy) is 2. The van der Waals surface area contributed by atoms with Gasteiger partial charge >= 0.3 is 6.03 Å². The van der Waals surface area contributed by atoms with Crippen molar-refractivity contribution in [2.24, 2.45) is 0 Å². The SMILES string of the molecule is COc1cc(/C=C2/NC(=O)NC2=O)cc(Cl)c1OCc1cccc(C)c1. The molecule has 1 aliphatic rings. The van der Waals surface area contributed by atoms with Crippen LogP contribution in [0.25, 0.3) is 6.08 Å². The maximum Gasteiger partial charge on any atom is 0.326 e. The molecule has 0 unspecified atom stereocenters. The number of carbonyl (C=O) groups excluding carboxylic acids is 2. The van der Waals surface area contributed by atoms with Crippen molar-refractivity contribution in [3.8, 4) is 11.5 Å². The predicted molar refractivity (Wildman–Crippen MR) is 98.2 cm³/mol. The molecule has 0 aliphatic carbocycles. The lowest BCUT2D eigenvalue weighted by atomic mass is 10.1. The fraction of sp³-hybridized carbons (Fsp3) is 0.158. The molecule has 3 rings (SSSR count). The average Bonchev–Trinajstić information content (AvgIpc) is 2.90. The summed E-state index contributed by atoms with van der Waals surface area (Å²) >= 11 is 6.34. The van der Waals surface area contributed by atoms with E-state index in [4.69, 9.17) is 21.1 Å². The highest BCUT2D eigenvalue weighted by molar-refractivity contribution is 6.32. The van der Waals surface area contributed by atoms with Crippen molar-refractivity contribution >= 4 is 29.6 Å². The summed E-state index contributed by atoms with van der Waals surface area (Å²) in [5.74, 6) is 0.351. The second-order valence-electron chi connectivity index (χ2n) is 5.78. The van der Waals surface area contributed by atoms with E-state index in [-0.39, 0.29) is 5.70 Å². The lowest BCUT2D eigenvalue weighted by molar-refractivity contribution is -0.115. The van der Waals surface area contributed by atoms with Gasteiger partial charge in [-0.25, -0.2) is 4.79 Å². The van der Waals surface area contributed by atoms with Crippen molar-refractivity contribution in [2.45, 2.75) is 13.5 Å². The lowest BCUT2D eigenvalue weighted by Gasteiger charge is -2.14. The molecular weight excluding hydrogens is 356 g/mol. The van der Waals surface area contributed by atoms with E-state index < -0.39 is 11.9 Å². The Labute approximate surface area is 155 Å². The van der Waals surface area contributed by atoms with Gasteiger partial charge in [0.1, 0.15) is 12.3 Å². The van der Waals surface area contributed by atoms with Crippen LogP contribution >= 0.6 is 11.6 Å². The van der Waals surface area contributed by atoms with E-state index in [2.05, 4.69) is 10.6 Å². The molecule has 1 aliphatic heterocycles. The third-order valence-corrected chi connectivity index (χ3v) is 4.03. The molecule has 0 spiro atoms. The number of methoxy groups -OCH3 is 1. The molecule has 6 nitrogen and oxygen atoms in total. The maximum absolute atomic E-state index is 11.6. The molecule has 1 fully saturated rings. The average molecular weight is 373 g/mol. The number of hydrogen-bond donors (Lipinski definition) is 2. The molecule has 26 heavy (non-hydrogen) atoms. The molecular formula is C19H17ClN2O4. The summed E-state index contributed by atoms with van der Waals surface area (Å²) in [5, 5.41) is 4.90. The van der Waals surface area contributed by atoms with Crippen LogP contribution in [0.1, 0.15) is 16.7 Å². The summed E-state index contributed by atoms with van der Waals surface area (Å²) in [6.45, 7) is 2.36. The third-order valence-electron chi connectivity index (χ3n) is 3.75. The number of carbonyl (C=O) groups is 2. The fourth-order valence-electron chi connectivity index (χ4n) is 2.57. The molecule has 134 valence electrons. The number of aryl methyl sites for hydroxylation is 1. The number of halogens is 1. The van der Waals surface area contributed by atoms with Gasteiger partial charge in [-0.3, -0.25) is 10.1 Å². The monoisotopic (exact) mass is 372 g/mol. The normalized spacial score (nSPS) is 15.0. The quantitative estimate of drug-likeness (QED) is 0.623. The third kappa shape index (κ3) is 3.97. The largest absolute Gasteiger partial charge is 0.493 e. The van der Waals surface area contributed by atoms with Crippen LogP contribution in [0.4, 0.5) is 4.79 Å². The van der Waals surface area contributed by atoms with Gasteiger partial charge in [0.05, 0.1) is 12.1 Å². The zero-order valence-electron chi connectivity index (χ0n) is 14.3. The van der Waals surface area contributed by atoms with Gasteiger partial charge in [-0.05, 0) is 36.3 Å². The van der Waals surface area contributed by atoms with E-state index in [9.17, 15) is 9.59 Å². The van der Waals surface area contributed by atoms with E-state index in [1.165, 1.54) is 13.2 Å². The van der Waals surface area contributed by atoms with Gasteiger partial charge in [-0.2, -0.15) is 0 Å². The maximum atomic E-state index is 11.6. The molecule has 1 heterocycles. The number of hydrogen-bond acceptors (Lipinski definition) is 4. The minimum Gasteiger partial charge on any atom is -0.493 e. The van der Waals surface area contributed by atoms with Crippen molar-refractivity contribution in [3.05, 3.63) is 63.8 Å². The topological polar surface area (TPSA) is 76.7 Å². The smallest absolute Gasteiger partial charge is 0.326 e. The summed E-state index contributed by atoms with van der Waals surface area (Å²) in [5.41, 5.74) is 2.89. The number of rotatable bonds is 5. The van der Waals surface area contributed by atoms with Crippen molar-refractivity contribution < 1.29 is 19.1 Å². The van der Waals surface area contributed by atoms with Crippen molar-refractivity contribution in [3.63, 3.8) is 0 Å². The first-order valence-electron chi connectivity index (χ1n) is 7.86. The Kier molecular flexibility index (Phi) is 5.14. The minimum absolute atomic E-state index is 0.140. The van der Waals surface area contributed by atoms with Gasteiger partial charge in [0.25, 0.3) is 5.91 Å². The number of benzene rings is 2. The first-order valence-corrected chi connectivity index (χ1v) is 8.24. The first kappa shape index (κ1) is 17.8. The Balaban J connectivity index is 1.84. The summed E-state index contributed by atoms with van der Waals surface area (Å²) in [4.78, 5) is 22.8. The standard InChI is InChI=1S/C19H17ClN2O4/c1-11-4-3-5-12(6-11)10-26-17-14(20)7-13(9-16(17)25-2)8-15-18(23)22-19(24)21-15/h3-9H,10H2,1-2H3,(H2,21,22,23,24)/b15-8+. The van der Waals surface area contributed by atoms with Gasteiger partial charge in [0.2, 0.25) is 0 Å². The van der Waals surface area contributed by atoms with Crippen molar-refractivity contribution in [1.82, 2.24) is 10.6 Å². The number of imide groups is 1. The van der Waals surface area contributed by atoms with Crippen LogP contribution in [0.15, 0.2) is 42.1 Å². The van der Waals surface area contributed by atoms with Gasteiger partial charge in [-0.15, -0.1) is 0 Å². The van der Waals surface area contributed by atoms with Crippen molar-refractivity contribution in [2.75, 3.05) is 7.11 Å². The Hall–Kier alpha value is -2.99. The Bertz CT molecular complexity index is 908. The molecule has 1 saturated heterocycles. The number of urea groups is 1. The van der Waals surface area contributed by atoms with Crippen LogP contribution in [0.3, 0.4) is 0 Å². The van der Waals surface area contributed by atoms with E-state index in [1.807, 2.05) is 31.2 Å². The molecule has 7 heteroatoms. The molecule has 0 atom stereocenters. The van der Waals surface area contributed by atoms with Crippen molar-refractivity contribution in [1.29, 1.82) is 0 Å². The van der Waals surface area contributed by atoms with Gasteiger partial charge in [-0.1, -0.05) is 41.4 Å². The van der Waals surface area contributed by atoms with Gasteiger partial charge < -0.3 is 14.8 Å². The first-order chi connectivity index (χ1) is 12.5. The molecule has 3 amide bonds. The summed E-state index contributed by atoms with van der Waals surface area (Å²) in [6.07, 6.45) is 1.51. The van der Waals surface area contributed by atoms with Crippen LogP contribution in [0, 0.1) is 6.92 Å². The molecule has 2 N–H and O–H groups in total. The molecule has 0 saturated carbocycles. The second kappa shape index (κ2) is 7.49. The van der Waals surface area contributed by atoms with E-state index >= 15 is 0 Å². The zero-order chi connectivity index (χ0) is 18.7. The highest BCUT2D eigenvalue weighted by Gasteiger charge is 2.23. The minimum atomic E-state index is -0.558. The summed E-state index contributed by atoms with van der Waals surface area (Å²) < 4.78 is 11.2. The van der Waals surface area contributed by atoms with Gasteiger partial charge in [0, 0.05) is 0 Å². The highest BCUT2D eigenvalue weighted by Crippen LogP contribution is 2.37. The molecule has 0 aromatic heterocycles. The predicted octanol–water partition coefficient (Wildman–Crippen LogP) is 3.42. The van der Waals surface area contributed by atoms with Crippen LogP contribution in [0.2, 0.25) is 5.02 Å². The number of amides is 3. The molecule has 2 aromatic carbocycles. The second-order valence-corrected chi connectivity index (χ2v) is 6.19. The molecule has 2 aromatic rings. The fourth-order valence-corrected chi connectivity index (χ4v) is 2.84.